The molecule has 6 heteroatoms. The van der Waals surface area contributed by atoms with Crippen molar-refractivity contribution < 1.29 is 9.47 Å². The molecular weight excluding hydrogens is 304 g/mol. The van der Waals surface area contributed by atoms with E-state index in [2.05, 4.69) is 20.3 Å². The molecule has 0 aliphatic carbocycles. The van der Waals surface area contributed by atoms with Crippen molar-refractivity contribution in [2.24, 2.45) is 0 Å². The van der Waals surface area contributed by atoms with Crippen LogP contribution in [0.5, 0.6) is 17.4 Å². The first-order chi connectivity index (χ1) is 11.8. The van der Waals surface area contributed by atoms with Crippen LogP contribution in [0.4, 0.5) is 0 Å². The van der Waals surface area contributed by atoms with Crippen molar-refractivity contribution in [3.8, 4) is 17.4 Å². The monoisotopic (exact) mass is 324 g/mol. The van der Waals surface area contributed by atoms with Crippen LogP contribution >= 0.6 is 0 Å². The summed E-state index contributed by atoms with van der Waals surface area (Å²) in [6, 6.07) is 11.4. The van der Waals surface area contributed by atoms with Crippen molar-refractivity contribution in [2.75, 3.05) is 7.11 Å². The molecule has 0 radical (unpaired) electrons. The average Bonchev–Trinajstić information content (AvgIpc) is 3.02. The maximum atomic E-state index is 5.95. The van der Waals surface area contributed by atoms with Crippen molar-refractivity contribution in [1.82, 2.24) is 20.3 Å². The first-order valence-electron chi connectivity index (χ1n) is 7.72. The van der Waals surface area contributed by atoms with Gasteiger partial charge >= 0.3 is 0 Å². The zero-order valence-electron chi connectivity index (χ0n) is 13.7. The molecule has 2 heterocycles. The molecule has 2 N–H and O–H groups in total. The lowest BCUT2D eigenvalue weighted by Crippen LogP contribution is -2.14. The summed E-state index contributed by atoms with van der Waals surface area (Å²) in [4.78, 5) is 11.7. The van der Waals surface area contributed by atoms with Crippen molar-refractivity contribution >= 4 is 0 Å². The van der Waals surface area contributed by atoms with Crippen LogP contribution in [0.2, 0.25) is 0 Å². The SMILES string of the molecule is COc1ccccc1Oc1ncccc1CNCc1nc[nH]c1C. The van der Waals surface area contributed by atoms with Crippen LogP contribution in [0.1, 0.15) is 17.0 Å². The lowest BCUT2D eigenvalue weighted by molar-refractivity contribution is 0.372. The number of aryl methyl sites for hydroxylation is 1. The number of hydrogen-bond donors (Lipinski definition) is 2. The van der Waals surface area contributed by atoms with Gasteiger partial charge in [0.05, 0.1) is 19.1 Å². The third-order valence-corrected chi connectivity index (χ3v) is 3.67. The van der Waals surface area contributed by atoms with Gasteiger partial charge in [-0.1, -0.05) is 18.2 Å². The van der Waals surface area contributed by atoms with Gasteiger partial charge in [0.1, 0.15) is 0 Å². The van der Waals surface area contributed by atoms with Crippen molar-refractivity contribution in [1.29, 1.82) is 0 Å². The second-order valence-electron chi connectivity index (χ2n) is 5.30. The topological polar surface area (TPSA) is 72.1 Å². The molecule has 24 heavy (non-hydrogen) atoms. The number of pyridine rings is 1. The minimum absolute atomic E-state index is 0.563. The standard InChI is InChI=1S/C18H20N4O2/c1-13-15(22-12-21-13)11-19-10-14-6-5-9-20-18(14)24-17-8-4-3-7-16(17)23-2/h3-9,12,19H,10-11H2,1-2H3,(H,21,22). The highest BCUT2D eigenvalue weighted by molar-refractivity contribution is 5.42. The van der Waals surface area contributed by atoms with Crippen molar-refractivity contribution in [3.05, 3.63) is 65.9 Å². The lowest BCUT2D eigenvalue weighted by atomic mass is 10.2. The predicted molar refractivity (Wildman–Crippen MR) is 91.2 cm³/mol. The molecule has 124 valence electrons. The fraction of sp³-hybridized carbons (Fsp3) is 0.222. The Hall–Kier alpha value is -2.86. The molecule has 3 rings (SSSR count). The first-order valence-corrected chi connectivity index (χ1v) is 7.72. The first kappa shape index (κ1) is 16.0. The lowest BCUT2D eigenvalue weighted by Gasteiger charge is -2.12. The molecular formula is C18H20N4O2. The normalized spacial score (nSPS) is 10.6. The average molecular weight is 324 g/mol. The Morgan fingerprint density at radius 2 is 1.88 bits per heavy atom. The molecule has 0 aliphatic heterocycles. The van der Waals surface area contributed by atoms with Crippen LogP contribution in [-0.4, -0.2) is 22.1 Å². The third-order valence-electron chi connectivity index (χ3n) is 3.67. The number of rotatable bonds is 7. The second-order valence-corrected chi connectivity index (χ2v) is 5.30. The summed E-state index contributed by atoms with van der Waals surface area (Å²) in [5.74, 6) is 1.88. The molecule has 0 aliphatic rings. The molecule has 0 saturated heterocycles. The second kappa shape index (κ2) is 7.61. The zero-order chi connectivity index (χ0) is 16.8. The predicted octanol–water partition coefficient (Wildman–Crippen LogP) is 3.20. The van der Waals surface area contributed by atoms with Crippen LogP contribution in [0.3, 0.4) is 0 Å². The molecule has 0 unspecified atom stereocenters. The molecule has 1 aromatic carbocycles. The number of nitrogens with one attached hydrogen (secondary N) is 2. The van der Waals surface area contributed by atoms with Gasteiger partial charge in [-0.05, 0) is 25.1 Å². The quantitative estimate of drug-likeness (QED) is 0.698. The molecule has 0 spiro atoms. The van der Waals surface area contributed by atoms with E-state index < -0.39 is 0 Å². The van der Waals surface area contributed by atoms with E-state index in [1.54, 1.807) is 19.6 Å². The maximum Gasteiger partial charge on any atom is 0.223 e. The van der Waals surface area contributed by atoms with Gasteiger partial charge in [-0.15, -0.1) is 0 Å². The number of benzene rings is 1. The van der Waals surface area contributed by atoms with Crippen molar-refractivity contribution in [3.63, 3.8) is 0 Å². The van der Waals surface area contributed by atoms with E-state index >= 15 is 0 Å². The van der Waals surface area contributed by atoms with Gasteiger partial charge in [0.15, 0.2) is 11.5 Å². The number of aromatic amines is 1. The highest BCUT2D eigenvalue weighted by atomic mass is 16.5. The Labute approximate surface area is 140 Å². The minimum atomic E-state index is 0.563. The summed E-state index contributed by atoms with van der Waals surface area (Å²) < 4.78 is 11.3. The van der Waals surface area contributed by atoms with E-state index in [0.717, 1.165) is 17.0 Å². The summed E-state index contributed by atoms with van der Waals surface area (Å²) in [7, 11) is 1.62. The number of methoxy groups -OCH3 is 1. The smallest absolute Gasteiger partial charge is 0.223 e. The number of aromatic nitrogens is 3. The summed E-state index contributed by atoms with van der Waals surface area (Å²) >= 11 is 0. The highest BCUT2D eigenvalue weighted by Crippen LogP contribution is 2.31. The molecule has 3 aromatic rings. The largest absolute Gasteiger partial charge is 0.493 e. The summed E-state index contributed by atoms with van der Waals surface area (Å²) in [6.07, 6.45) is 3.42. The Kier molecular flexibility index (Phi) is 5.08. The highest BCUT2D eigenvalue weighted by Gasteiger charge is 2.10. The van der Waals surface area contributed by atoms with E-state index in [-0.39, 0.29) is 0 Å². The number of H-pyrrole nitrogens is 1. The number of imidazole rings is 1. The summed E-state index contributed by atoms with van der Waals surface area (Å²) in [6.45, 7) is 3.31. The van der Waals surface area contributed by atoms with Crippen LogP contribution in [0.15, 0.2) is 48.9 Å². The summed E-state index contributed by atoms with van der Waals surface area (Å²) in [5.41, 5.74) is 3.04. The van der Waals surface area contributed by atoms with Gasteiger partial charge in [0.25, 0.3) is 0 Å². The molecule has 0 atom stereocenters. The minimum Gasteiger partial charge on any atom is -0.493 e. The van der Waals surface area contributed by atoms with E-state index in [0.29, 0.717) is 30.5 Å². The summed E-state index contributed by atoms with van der Waals surface area (Å²) in [5, 5.41) is 3.37. The van der Waals surface area contributed by atoms with Crippen LogP contribution < -0.4 is 14.8 Å². The number of ether oxygens (including phenoxy) is 2. The molecule has 2 aromatic heterocycles. The fourth-order valence-corrected chi connectivity index (χ4v) is 2.34. The van der Waals surface area contributed by atoms with Crippen LogP contribution in [0, 0.1) is 6.92 Å². The van der Waals surface area contributed by atoms with Gasteiger partial charge < -0.3 is 19.8 Å². The molecule has 0 fully saturated rings. The molecule has 0 bridgehead atoms. The van der Waals surface area contributed by atoms with E-state index in [1.807, 2.05) is 43.3 Å². The fourth-order valence-electron chi connectivity index (χ4n) is 2.34. The van der Waals surface area contributed by atoms with E-state index in [9.17, 15) is 0 Å². The molecule has 0 amide bonds. The zero-order valence-corrected chi connectivity index (χ0v) is 13.7. The molecule has 6 nitrogen and oxygen atoms in total. The Morgan fingerprint density at radius 1 is 1.04 bits per heavy atom. The van der Waals surface area contributed by atoms with E-state index in [4.69, 9.17) is 9.47 Å². The van der Waals surface area contributed by atoms with Crippen LogP contribution in [-0.2, 0) is 13.1 Å². The van der Waals surface area contributed by atoms with Gasteiger partial charge in [-0.2, -0.15) is 0 Å². The molecule has 0 saturated carbocycles. The van der Waals surface area contributed by atoms with Gasteiger partial charge in [0, 0.05) is 30.5 Å². The number of hydrogen-bond acceptors (Lipinski definition) is 5. The van der Waals surface area contributed by atoms with Gasteiger partial charge in [0.2, 0.25) is 5.88 Å². The Bertz CT molecular complexity index is 801. The van der Waals surface area contributed by atoms with Crippen LogP contribution in [0.25, 0.3) is 0 Å². The maximum absolute atomic E-state index is 5.95. The van der Waals surface area contributed by atoms with Crippen molar-refractivity contribution in [2.45, 2.75) is 20.0 Å². The Balaban J connectivity index is 1.70. The third kappa shape index (κ3) is 3.72. The van der Waals surface area contributed by atoms with E-state index in [1.165, 1.54) is 0 Å². The van der Waals surface area contributed by atoms with Gasteiger partial charge in [-0.25, -0.2) is 9.97 Å². The Morgan fingerprint density at radius 3 is 2.62 bits per heavy atom. The number of para-hydroxylation sites is 2. The van der Waals surface area contributed by atoms with Gasteiger partial charge in [-0.3, -0.25) is 0 Å². The number of nitrogens with zero attached hydrogens (tertiary/aromatic N) is 2.